The lowest BCUT2D eigenvalue weighted by atomic mass is 9.79. The number of ether oxygens (including phenoxy) is 1. The Labute approximate surface area is 148 Å². The van der Waals surface area contributed by atoms with Crippen LogP contribution in [0.25, 0.3) is 0 Å². The summed E-state index contributed by atoms with van der Waals surface area (Å²) in [5, 5.41) is 0. The van der Waals surface area contributed by atoms with Gasteiger partial charge < -0.3 is 14.1 Å². The summed E-state index contributed by atoms with van der Waals surface area (Å²) in [6.07, 6.45) is 3.42. The highest BCUT2D eigenvalue weighted by Gasteiger charge is 2.42. The summed E-state index contributed by atoms with van der Waals surface area (Å²) in [7, 11) is 0. The van der Waals surface area contributed by atoms with E-state index >= 15 is 0 Å². The van der Waals surface area contributed by atoms with Gasteiger partial charge in [-0.3, -0.25) is 9.69 Å². The van der Waals surface area contributed by atoms with Crippen LogP contribution in [-0.2, 0) is 10.3 Å². The third-order valence-electron chi connectivity index (χ3n) is 5.54. The molecule has 5 heteroatoms. The monoisotopic (exact) mass is 340 g/mol. The first-order valence-electron chi connectivity index (χ1n) is 9.01. The van der Waals surface area contributed by atoms with Gasteiger partial charge in [0.05, 0.1) is 19.5 Å². The van der Waals surface area contributed by atoms with Crippen LogP contribution < -0.4 is 0 Å². The quantitative estimate of drug-likeness (QED) is 0.862. The molecule has 0 unspecified atom stereocenters. The zero-order valence-electron chi connectivity index (χ0n) is 14.4. The van der Waals surface area contributed by atoms with E-state index in [2.05, 4.69) is 35.2 Å². The molecular formula is C20H24N2O3. The number of nitrogens with zero attached hydrogens (tertiary/aromatic N) is 2. The number of furan rings is 1. The number of rotatable bonds is 3. The molecule has 0 spiro atoms. The number of hydrogen-bond acceptors (Lipinski definition) is 4. The Kier molecular flexibility index (Phi) is 4.59. The summed E-state index contributed by atoms with van der Waals surface area (Å²) in [4.78, 5) is 17.1. The summed E-state index contributed by atoms with van der Waals surface area (Å²) in [5.74, 6) is 0.423. The number of carbonyl (C=O) groups excluding carboxylic acids is 1. The van der Waals surface area contributed by atoms with Crippen molar-refractivity contribution in [1.29, 1.82) is 0 Å². The third-order valence-corrected chi connectivity index (χ3v) is 5.54. The van der Waals surface area contributed by atoms with Crippen molar-refractivity contribution >= 4 is 5.91 Å². The van der Waals surface area contributed by atoms with E-state index in [0.29, 0.717) is 5.76 Å². The minimum Gasteiger partial charge on any atom is -0.459 e. The van der Waals surface area contributed by atoms with Crippen molar-refractivity contribution < 1.29 is 13.9 Å². The van der Waals surface area contributed by atoms with Gasteiger partial charge in [-0.2, -0.15) is 0 Å². The number of hydrogen-bond donors (Lipinski definition) is 0. The molecule has 0 saturated carbocycles. The number of amides is 1. The molecule has 132 valence electrons. The van der Waals surface area contributed by atoms with Gasteiger partial charge in [-0.25, -0.2) is 0 Å². The fourth-order valence-corrected chi connectivity index (χ4v) is 4.16. The first kappa shape index (κ1) is 16.4. The molecule has 2 aromatic rings. The fourth-order valence-electron chi connectivity index (χ4n) is 4.16. The van der Waals surface area contributed by atoms with Crippen molar-refractivity contribution in [3.8, 4) is 0 Å². The maximum atomic E-state index is 12.6. The minimum atomic E-state index is -0.00894. The lowest BCUT2D eigenvalue weighted by Gasteiger charge is -2.50. The van der Waals surface area contributed by atoms with Gasteiger partial charge in [0.25, 0.3) is 5.91 Å². The van der Waals surface area contributed by atoms with Gasteiger partial charge in [0, 0.05) is 31.7 Å². The van der Waals surface area contributed by atoms with E-state index in [1.165, 1.54) is 5.56 Å². The molecular weight excluding hydrogens is 316 g/mol. The number of likely N-dealkylation sites (tertiary alicyclic amines) is 1. The van der Waals surface area contributed by atoms with Crippen molar-refractivity contribution in [3.63, 3.8) is 0 Å². The highest BCUT2D eigenvalue weighted by Crippen LogP contribution is 2.39. The molecule has 0 bridgehead atoms. The van der Waals surface area contributed by atoms with Crippen molar-refractivity contribution in [2.24, 2.45) is 0 Å². The summed E-state index contributed by atoms with van der Waals surface area (Å²) in [5.41, 5.74) is 1.34. The Morgan fingerprint density at radius 3 is 2.28 bits per heavy atom. The van der Waals surface area contributed by atoms with E-state index < -0.39 is 0 Å². The summed E-state index contributed by atoms with van der Waals surface area (Å²) < 4.78 is 10.8. The van der Waals surface area contributed by atoms with Crippen molar-refractivity contribution in [2.75, 3.05) is 39.4 Å². The zero-order valence-corrected chi connectivity index (χ0v) is 14.4. The Morgan fingerprint density at radius 1 is 0.920 bits per heavy atom. The molecule has 1 amide bonds. The molecule has 5 nitrogen and oxygen atoms in total. The van der Waals surface area contributed by atoms with E-state index in [0.717, 1.165) is 52.2 Å². The van der Waals surface area contributed by atoms with Crippen LogP contribution in [0.15, 0.2) is 53.1 Å². The van der Waals surface area contributed by atoms with E-state index in [4.69, 9.17) is 9.15 Å². The standard InChI is InChI=1S/C20H24N2O3/c23-19(18-7-4-14-25-18)21-10-8-20(9-11-21,17-5-2-1-3-6-17)22-12-15-24-16-13-22/h1-7,14H,8-13,15-16H2. The molecule has 0 aliphatic carbocycles. The van der Waals surface area contributed by atoms with Crippen molar-refractivity contribution in [2.45, 2.75) is 18.4 Å². The van der Waals surface area contributed by atoms with Gasteiger partial charge >= 0.3 is 0 Å². The van der Waals surface area contributed by atoms with Crippen LogP contribution in [0.1, 0.15) is 29.0 Å². The average Bonchev–Trinajstić information content (AvgIpc) is 3.24. The normalized spacial score (nSPS) is 21.2. The molecule has 4 rings (SSSR count). The van der Waals surface area contributed by atoms with Gasteiger partial charge in [-0.05, 0) is 30.5 Å². The lowest BCUT2D eigenvalue weighted by Crippen LogP contribution is -2.57. The number of piperidine rings is 1. The van der Waals surface area contributed by atoms with E-state index in [9.17, 15) is 4.79 Å². The maximum absolute atomic E-state index is 12.6. The number of carbonyl (C=O) groups is 1. The molecule has 2 aliphatic rings. The van der Waals surface area contributed by atoms with E-state index in [1.807, 2.05) is 4.90 Å². The molecule has 3 heterocycles. The molecule has 1 aromatic heterocycles. The topological polar surface area (TPSA) is 45.9 Å². The van der Waals surface area contributed by atoms with Gasteiger partial charge in [-0.15, -0.1) is 0 Å². The van der Waals surface area contributed by atoms with Gasteiger partial charge in [0.2, 0.25) is 0 Å². The summed E-state index contributed by atoms with van der Waals surface area (Å²) >= 11 is 0. The maximum Gasteiger partial charge on any atom is 0.289 e. The minimum absolute atomic E-state index is 0.00589. The second-order valence-corrected chi connectivity index (χ2v) is 6.77. The Hall–Kier alpha value is -2.11. The van der Waals surface area contributed by atoms with Gasteiger partial charge in [0.1, 0.15) is 0 Å². The zero-order chi connectivity index (χ0) is 17.1. The Morgan fingerprint density at radius 2 is 1.64 bits per heavy atom. The molecule has 2 aliphatic heterocycles. The first-order valence-corrected chi connectivity index (χ1v) is 9.01. The molecule has 0 N–H and O–H groups in total. The molecule has 2 fully saturated rings. The predicted octanol–water partition coefficient (Wildman–Crippen LogP) is 2.74. The first-order chi connectivity index (χ1) is 12.3. The molecule has 0 radical (unpaired) electrons. The van der Waals surface area contributed by atoms with Crippen molar-refractivity contribution in [1.82, 2.24) is 9.80 Å². The highest BCUT2D eigenvalue weighted by molar-refractivity contribution is 5.91. The molecule has 25 heavy (non-hydrogen) atoms. The Balaban J connectivity index is 1.56. The van der Waals surface area contributed by atoms with Crippen molar-refractivity contribution in [3.05, 3.63) is 60.1 Å². The second kappa shape index (κ2) is 7.02. The van der Waals surface area contributed by atoms with Crippen LogP contribution in [0.5, 0.6) is 0 Å². The average molecular weight is 340 g/mol. The van der Waals surface area contributed by atoms with Gasteiger partial charge in [-0.1, -0.05) is 30.3 Å². The summed E-state index contributed by atoms with van der Waals surface area (Å²) in [6, 6.07) is 14.2. The SMILES string of the molecule is O=C(c1ccco1)N1CCC(c2ccccc2)(N2CCOCC2)CC1. The van der Waals surface area contributed by atoms with E-state index in [1.54, 1.807) is 18.4 Å². The van der Waals surface area contributed by atoms with Crippen LogP contribution >= 0.6 is 0 Å². The Bertz CT molecular complexity index is 685. The molecule has 1 aromatic carbocycles. The highest BCUT2D eigenvalue weighted by atomic mass is 16.5. The molecule has 0 atom stereocenters. The number of morpholine rings is 1. The van der Waals surface area contributed by atoms with Crippen LogP contribution in [0.4, 0.5) is 0 Å². The third kappa shape index (κ3) is 3.10. The van der Waals surface area contributed by atoms with Crippen LogP contribution in [0.2, 0.25) is 0 Å². The number of benzene rings is 1. The van der Waals surface area contributed by atoms with Crippen LogP contribution in [-0.4, -0.2) is 55.1 Å². The largest absolute Gasteiger partial charge is 0.459 e. The summed E-state index contributed by atoms with van der Waals surface area (Å²) in [6.45, 7) is 4.94. The van der Waals surface area contributed by atoms with Crippen LogP contribution in [0, 0.1) is 0 Å². The second-order valence-electron chi connectivity index (χ2n) is 6.77. The molecule has 2 saturated heterocycles. The fraction of sp³-hybridized carbons (Fsp3) is 0.450. The lowest BCUT2D eigenvalue weighted by molar-refractivity contribution is -0.0484. The smallest absolute Gasteiger partial charge is 0.289 e. The van der Waals surface area contributed by atoms with E-state index in [-0.39, 0.29) is 11.4 Å². The van der Waals surface area contributed by atoms with Crippen LogP contribution in [0.3, 0.4) is 0 Å². The predicted molar refractivity (Wildman–Crippen MR) is 94.4 cm³/mol. The van der Waals surface area contributed by atoms with Gasteiger partial charge in [0.15, 0.2) is 5.76 Å².